The fourth-order valence-corrected chi connectivity index (χ4v) is 4.58. The highest BCUT2D eigenvalue weighted by atomic mass is 32.1. The lowest BCUT2D eigenvalue weighted by Gasteiger charge is -2.05. The Labute approximate surface area is 177 Å². The summed E-state index contributed by atoms with van der Waals surface area (Å²) in [6.07, 6.45) is 3.85. The van der Waals surface area contributed by atoms with E-state index in [0.29, 0.717) is 17.2 Å². The van der Waals surface area contributed by atoms with Crippen molar-refractivity contribution < 1.29 is 14.3 Å². The van der Waals surface area contributed by atoms with Gasteiger partial charge in [0.1, 0.15) is 15.5 Å². The van der Waals surface area contributed by atoms with Gasteiger partial charge in [-0.3, -0.25) is 4.79 Å². The van der Waals surface area contributed by atoms with E-state index in [4.69, 9.17) is 9.47 Å². The van der Waals surface area contributed by atoms with E-state index in [0.717, 1.165) is 45.2 Å². The van der Waals surface area contributed by atoms with Crippen LogP contribution in [-0.4, -0.2) is 27.2 Å². The number of amides is 1. The summed E-state index contributed by atoms with van der Waals surface area (Å²) in [6.45, 7) is 5.41. The Hall–Kier alpha value is -3.39. The maximum Gasteiger partial charge on any atom is 0.263 e. The van der Waals surface area contributed by atoms with Crippen molar-refractivity contribution in [2.24, 2.45) is 0 Å². The molecule has 0 atom stereocenters. The van der Waals surface area contributed by atoms with Crippen LogP contribution in [0, 0.1) is 6.92 Å². The van der Waals surface area contributed by atoms with Gasteiger partial charge in [-0.15, -0.1) is 11.3 Å². The van der Waals surface area contributed by atoms with E-state index in [2.05, 4.69) is 33.0 Å². The van der Waals surface area contributed by atoms with Gasteiger partial charge in [0.2, 0.25) is 6.79 Å². The van der Waals surface area contributed by atoms with E-state index in [9.17, 15) is 4.79 Å². The lowest BCUT2D eigenvalue weighted by molar-refractivity contribution is 0.0954. The summed E-state index contributed by atoms with van der Waals surface area (Å²) in [6, 6.07) is 9.63. The van der Waals surface area contributed by atoms with Gasteiger partial charge in [-0.05, 0) is 43.7 Å². The van der Waals surface area contributed by atoms with Gasteiger partial charge in [-0.2, -0.15) is 0 Å². The number of carbonyl (C=O) groups is 1. The van der Waals surface area contributed by atoms with Crippen molar-refractivity contribution in [2.45, 2.75) is 26.9 Å². The molecule has 4 aromatic rings. The molecule has 0 radical (unpaired) electrons. The van der Waals surface area contributed by atoms with Gasteiger partial charge >= 0.3 is 0 Å². The number of hydrogen-bond donors (Lipinski definition) is 1. The molecule has 1 aromatic carbocycles. The molecule has 152 valence electrons. The van der Waals surface area contributed by atoms with Crippen LogP contribution in [0.1, 0.15) is 27.9 Å². The summed E-state index contributed by atoms with van der Waals surface area (Å²) >= 11 is 1.41. The van der Waals surface area contributed by atoms with E-state index in [-0.39, 0.29) is 12.7 Å². The molecule has 5 rings (SSSR count). The summed E-state index contributed by atoms with van der Waals surface area (Å²) in [5.74, 6) is 1.30. The minimum Gasteiger partial charge on any atom is -0.454 e. The lowest BCUT2D eigenvalue weighted by Crippen LogP contribution is -2.22. The Bertz CT molecular complexity index is 1260. The minimum absolute atomic E-state index is 0.133. The number of pyridine rings is 1. The minimum atomic E-state index is -0.133. The highest BCUT2D eigenvalue weighted by Gasteiger charge is 2.20. The Kier molecular flexibility index (Phi) is 4.63. The number of fused-ring (bicyclic) bond motifs is 2. The standard InChI is InChI=1S/C22H20N4O3S/c1-3-26-11-16(15-5-4-8-23-20(15)26)22-25-13(2)19(30-22)21(27)24-10-14-6-7-17-18(9-14)29-12-28-17/h4-9,11H,3,10,12H2,1-2H3,(H,24,27). The van der Waals surface area contributed by atoms with Crippen molar-refractivity contribution in [1.82, 2.24) is 19.9 Å². The van der Waals surface area contributed by atoms with Crippen LogP contribution in [-0.2, 0) is 13.1 Å². The lowest BCUT2D eigenvalue weighted by atomic mass is 10.2. The zero-order valence-corrected chi connectivity index (χ0v) is 17.5. The molecule has 0 fully saturated rings. The number of rotatable bonds is 5. The first-order valence-electron chi connectivity index (χ1n) is 9.72. The van der Waals surface area contributed by atoms with Gasteiger partial charge in [0.25, 0.3) is 5.91 Å². The molecular formula is C22H20N4O3S. The molecule has 0 bridgehead atoms. The fourth-order valence-electron chi connectivity index (χ4n) is 3.57. The van der Waals surface area contributed by atoms with Crippen LogP contribution in [0.25, 0.3) is 21.6 Å². The molecule has 0 aliphatic carbocycles. The number of aryl methyl sites for hydroxylation is 2. The zero-order chi connectivity index (χ0) is 20.7. The highest BCUT2D eigenvalue weighted by Crippen LogP contribution is 2.34. The molecule has 0 saturated heterocycles. The Morgan fingerprint density at radius 2 is 2.13 bits per heavy atom. The molecule has 1 amide bonds. The highest BCUT2D eigenvalue weighted by molar-refractivity contribution is 7.17. The van der Waals surface area contributed by atoms with E-state index in [1.165, 1.54) is 11.3 Å². The second kappa shape index (κ2) is 7.46. The normalized spacial score (nSPS) is 12.5. The van der Waals surface area contributed by atoms with Crippen molar-refractivity contribution in [1.29, 1.82) is 0 Å². The van der Waals surface area contributed by atoms with Gasteiger partial charge in [-0.1, -0.05) is 6.07 Å². The van der Waals surface area contributed by atoms with E-state index in [1.807, 2.05) is 37.3 Å². The number of nitrogens with zero attached hydrogens (tertiary/aromatic N) is 3. The van der Waals surface area contributed by atoms with Crippen molar-refractivity contribution >= 4 is 28.3 Å². The number of nitrogens with one attached hydrogen (secondary N) is 1. The second-order valence-electron chi connectivity index (χ2n) is 7.01. The third-order valence-corrected chi connectivity index (χ3v) is 6.29. The summed E-state index contributed by atoms with van der Waals surface area (Å²) in [5, 5.41) is 4.85. The van der Waals surface area contributed by atoms with Crippen LogP contribution in [0.5, 0.6) is 11.5 Å². The Morgan fingerprint density at radius 3 is 3.00 bits per heavy atom. The van der Waals surface area contributed by atoms with Crippen molar-refractivity contribution in [3.63, 3.8) is 0 Å². The van der Waals surface area contributed by atoms with E-state index in [1.54, 1.807) is 6.20 Å². The molecule has 8 heteroatoms. The third kappa shape index (κ3) is 3.19. The van der Waals surface area contributed by atoms with Gasteiger partial charge in [0.15, 0.2) is 11.5 Å². The van der Waals surface area contributed by atoms with E-state index >= 15 is 0 Å². The summed E-state index contributed by atoms with van der Waals surface area (Å²) in [5.41, 5.74) is 3.60. The first-order valence-corrected chi connectivity index (χ1v) is 10.5. The maximum atomic E-state index is 12.8. The van der Waals surface area contributed by atoms with Crippen molar-refractivity contribution in [3.05, 3.63) is 58.9 Å². The average molecular weight is 420 g/mol. The molecule has 1 aliphatic rings. The number of aromatic nitrogens is 3. The molecular weight excluding hydrogens is 400 g/mol. The smallest absolute Gasteiger partial charge is 0.263 e. The van der Waals surface area contributed by atoms with Crippen LogP contribution in [0.15, 0.2) is 42.7 Å². The Morgan fingerprint density at radius 1 is 1.27 bits per heavy atom. The molecule has 0 spiro atoms. The van der Waals surface area contributed by atoms with Crippen LogP contribution >= 0.6 is 11.3 Å². The van der Waals surface area contributed by atoms with Gasteiger partial charge in [0.05, 0.1) is 5.69 Å². The molecule has 0 unspecified atom stereocenters. The molecule has 1 aliphatic heterocycles. The number of thiazole rings is 1. The van der Waals surface area contributed by atoms with Gasteiger partial charge in [-0.25, -0.2) is 9.97 Å². The van der Waals surface area contributed by atoms with Gasteiger partial charge in [0, 0.05) is 36.4 Å². The SMILES string of the molecule is CCn1cc(-c2nc(C)c(C(=O)NCc3ccc4c(c3)OCO4)s2)c2cccnc21. The maximum absolute atomic E-state index is 12.8. The zero-order valence-electron chi connectivity index (χ0n) is 16.6. The van der Waals surface area contributed by atoms with E-state index < -0.39 is 0 Å². The molecule has 0 saturated carbocycles. The fraction of sp³-hybridized carbons (Fsp3) is 0.227. The number of carbonyl (C=O) groups excluding carboxylic acids is 1. The number of benzene rings is 1. The number of ether oxygens (including phenoxy) is 2. The molecule has 4 heterocycles. The van der Waals surface area contributed by atoms with Crippen LogP contribution in [0.3, 0.4) is 0 Å². The predicted octanol–water partition coefficient (Wildman–Crippen LogP) is 4.15. The van der Waals surface area contributed by atoms with Crippen LogP contribution in [0.4, 0.5) is 0 Å². The van der Waals surface area contributed by atoms with Crippen LogP contribution in [0.2, 0.25) is 0 Å². The summed E-state index contributed by atoms with van der Waals surface area (Å²) < 4.78 is 12.8. The van der Waals surface area contributed by atoms with Crippen LogP contribution < -0.4 is 14.8 Å². The molecule has 1 N–H and O–H groups in total. The number of hydrogen-bond acceptors (Lipinski definition) is 6. The van der Waals surface area contributed by atoms with Gasteiger partial charge < -0.3 is 19.4 Å². The van der Waals surface area contributed by atoms with Crippen molar-refractivity contribution in [2.75, 3.05) is 6.79 Å². The monoisotopic (exact) mass is 420 g/mol. The largest absolute Gasteiger partial charge is 0.454 e. The molecule has 7 nitrogen and oxygen atoms in total. The van der Waals surface area contributed by atoms with Crippen molar-refractivity contribution in [3.8, 4) is 22.1 Å². The third-order valence-electron chi connectivity index (χ3n) is 5.10. The second-order valence-corrected chi connectivity index (χ2v) is 8.01. The average Bonchev–Trinajstić information content (AvgIpc) is 3.48. The Balaban J connectivity index is 1.38. The first kappa shape index (κ1) is 18.6. The first-order chi connectivity index (χ1) is 14.6. The summed E-state index contributed by atoms with van der Waals surface area (Å²) in [4.78, 5) is 22.6. The topological polar surface area (TPSA) is 78.3 Å². The molecule has 3 aromatic heterocycles. The predicted molar refractivity (Wildman–Crippen MR) is 115 cm³/mol. The molecule has 30 heavy (non-hydrogen) atoms. The quantitative estimate of drug-likeness (QED) is 0.525. The summed E-state index contributed by atoms with van der Waals surface area (Å²) in [7, 11) is 0.